The third-order valence-corrected chi connectivity index (χ3v) is 4.71. The smallest absolute Gasteiger partial charge is 0.227 e. The minimum Gasteiger partial charge on any atom is -0.389 e. The summed E-state index contributed by atoms with van der Waals surface area (Å²) in [6.45, 7) is 3.48. The zero-order chi connectivity index (χ0) is 17.2. The standard InChI is InChI=1S/C17H24N6O2/c1-22-8-12(7-19-22)2-4-18-16-6-15(13-3-5-25-11-13)20-17(21-16)23-9-14(24)10-23/h6-8,13-14,24H,2-5,9-11H2,1H3,(H,18,20,21)/t13-/m1/s1. The molecule has 134 valence electrons. The van der Waals surface area contributed by atoms with Crippen LogP contribution in [0.4, 0.5) is 11.8 Å². The molecule has 2 N–H and O–H groups in total. The van der Waals surface area contributed by atoms with Crippen LogP contribution >= 0.6 is 0 Å². The monoisotopic (exact) mass is 344 g/mol. The van der Waals surface area contributed by atoms with Crippen LogP contribution in [0.25, 0.3) is 0 Å². The van der Waals surface area contributed by atoms with Gasteiger partial charge in [-0.3, -0.25) is 4.68 Å². The fourth-order valence-electron chi connectivity index (χ4n) is 3.22. The number of aromatic nitrogens is 4. The molecule has 2 aromatic rings. The topological polar surface area (TPSA) is 88.3 Å². The summed E-state index contributed by atoms with van der Waals surface area (Å²) in [4.78, 5) is 11.4. The maximum atomic E-state index is 9.56. The highest BCUT2D eigenvalue weighted by atomic mass is 16.5. The number of hydrogen-bond donors (Lipinski definition) is 2. The molecule has 2 aliphatic rings. The summed E-state index contributed by atoms with van der Waals surface area (Å²) in [6, 6.07) is 2.03. The molecule has 4 rings (SSSR count). The number of rotatable bonds is 6. The van der Waals surface area contributed by atoms with E-state index in [0.29, 0.717) is 31.6 Å². The zero-order valence-corrected chi connectivity index (χ0v) is 14.4. The van der Waals surface area contributed by atoms with E-state index >= 15 is 0 Å². The van der Waals surface area contributed by atoms with Crippen molar-refractivity contribution in [3.05, 3.63) is 29.7 Å². The first-order valence-electron chi connectivity index (χ1n) is 8.78. The molecule has 0 bridgehead atoms. The van der Waals surface area contributed by atoms with Gasteiger partial charge in [0.2, 0.25) is 5.95 Å². The highest BCUT2D eigenvalue weighted by Gasteiger charge is 2.28. The molecule has 0 saturated carbocycles. The predicted molar refractivity (Wildman–Crippen MR) is 93.8 cm³/mol. The van der Waals surface area contributed by atoms with Gasteiger partial charge >= 0.3 is 0 Å². The molecule has 25 heavy (non-hydrogen) atoms. The van der Waals surface area contributed by atoms with E-state index in [9.17, 15) is 5.11 Å². The molecule has 2 fully saturated rings. The molecule has 1 atom stereocenters. The van der Waals surface area contributed by atoms with Gasteiger partial charge in [-0.15, -0.1) is 0 Å². The summed E-state index contributed by atoms with van der Waals surface area (Å²) >= 11 is 0. The summed E-state index contributed by atoms with van der Waals surface area (Å²) in [5, 5.41) is 17.2. The van der Waals surface area contributed by atoms with E-state index in [2.05, 4.69) is 15.4 Å². The number of β-amino-alcohol motifs (C(OH)–C–C–N with tert-alkyl or cyclic N) is 1. The minimum absolute atomic E-state index is 0.274. The normalized spacial score (nSPS) is 20.7. The highest BCUT2D eigenvalue weighted by Crippen LogP contribution is 2.28. The zero-order valence-electron chi connectivity index (χ0n) is 14.4. The van der Waals surface area contributed by atoms with Gasteiger partial charge in [0.1, 0.15) is 5.82 Å². The van der Waals surface area contributed by atoms with Gasteiger partial charge in [-0.2, -0.15) is 10.1 Å². The van der Waals surface area contributed by atoms with E-state index in [1.807, 2.05) is 35.1 Å². The number of anilines is 2. The highest BCUT2D eigenvalue weighted by molar-refractivity contribution is 5.46. The second-order valence-corrected chi connectivity index (χ2v) is 6.80. The van der Waals surface area contributed by atoms with Crippen LogP contribution in [-0.2, 0) is 18.2 Å². The predicted octanol–water partition coefficient (Wildman–Crippen LogP) is 0.549. The van der Waals surface area contributed by atoms with Crippen molar-refractivity contribution in [3.8, 4) is 0 Å². The van der Waals surface area contributed by atoms with Crippen molar-refractivity contribution in [2.24, 2.45) is 7.05 Å². The quantitative estimate of drug-likeness (QED) is 0.791. The first-order valence-corrected chi connectivity index (χ1v) is 8.78. The van der Waals surface area contributed by atoms with Crippen LogP contribution in [0.5, 0.6) is 0 Å². The van der Waals surface area contributed by atoms with E-state index in [4.69, 9.17) is 9.72 Å². The number of hydrogen-bond acceptors (Lipinski definition) is 7. The Hall–Kier alpha value is -2.19. The minimum atomic E-state index is -0.274. The number of aliphatic hydroxyl groups is 1. The Balaban J connectivity index is 1.47. The number of nitrogens with one attached hydrogen (secondary N) is 1. The first-order chi connectivity index (χ1) is 12.2. The van der Waals surface area contributed by atoms with Crippen LogP contribution in [0.2, 0.25) is 0 Å². The number of ether oxygens (including phenoxy) is 1. The van der Waals surface area contributed by atoms with Crippen molar-refractivity contribution < 1.29 is 9.84 Å². The molecule has 0 spiro atoms. The summed E-state index contributed by atoms with van der Waals surface area (Å²) < 4.78 is 7.32. The maximum absolute atomic E-state index is 9.56. The van der Waals surface area contributed by atoms with E-state index in [1.54, 1.807) is 0 Å². The average Bonchev–Trinajstić information content (AvgIpc) is 3.23. The second kappa shape index (κ2) is 6.97. The largest absolute Gasteiger partial charge is 0.389 e. The molecule has 2 aliphatic heterocycles. The molecule has 0 unspecified atom stereocenters. The van der Waals surface area contributed by atoms with Gasteiger partial charge in [-0.05, 0) is 18.4 Å². The lowest BCUT2D eigenvalue weighted by Gasteiger charge is -2.36. The van der Waals surface area contributed by atoms with Gasteiger partial charge < -0.3 is 20.1 Å². The van der Waals surface area contributed by atoms with E-state index in [0.717, 1.165) is 37.5 Å². The Labute approximate surface area is 146 Å². The molecule has 2 aromatic heterocycles. The molecule has 0 aliphatic carbocycles. The average molecular weight is 344 g/mol. The Kier molecular flexibility index (Phi) is 4.54. The summed E-state index contributed by atoms with van der Waals surface area (Å²) in [6.07, 6.45) is 5.52. The van der Waals surface area contributed by atoms with E-state index < -0.39 is 0 Å². The Morgan fingerprint density at radius 2 is 2.24 bits per heavy atom. The molecule has 4 heterocycles. The van der Waals surface area contributed by atoms with Crippen molar-refractivity contribution in [2.75, 3.05) is 43.1 Å². The lowest BCUT2D eigenvalue weighted by molar-refractivity contribution is 0.140. The van der Waals surface area contributed by atoms with E-state index in [-0.39, 0.29) is 6.10 Å². The SMILES string of the molecule is Cn1cc(CCNc2cc([C@@H]3CCOC3)nc(N3CC(O)C3)n2)cn1. The van der Waals surface area contributed by atoms with Gasteiger partial charge in [-0.25, -0.2) is 4.98 Å². The molecular weight excluding hydrogens is 320 g/mol. The maximum Gasteiger partial charge on any atom is 0.227 e. The fraction of sp³-hybridized carbons (Fsp3) is 0.588. The Morgan fingerprint density at radius 3 is 2.92 bits per heavy atom. The van der Waals surface area contributed by atoms with Crippen LogP contribution in [0.3, 0.4) is 0 Å². The van der Waals surface area contributed by atoms with Crippen LogP contribution in [0.15, 0.2) is 18.5 Å². The lowest BCUT2D eigenvalue weighted by atomic mass is 10.0. The van der Waals surface area contributed by atoms with Crippen LogP contribution < -0.4 is 10.2 Å². The molecule has 0 aromatic carbocycles. The lowest BCUT2D eigenvalue weighted by Crippen LogP contribution is -2.51. The molecule has 0 radical (unpaired) electrons. The van der Waals surface area contributed by atoms with Crippen molar-refractivity contribution in [3.63, 3.8) is 0 Å². The summed E-state index contributed by atoms with van der Waals surface area (Å²) in [5.74, 6) is 1.85. The first kappa shape index (κ1) is 16.3. The summed E-state index contributed by atoms with van der Waals surface area (Å²) in [7, 11) is 1.92. The molecule has 8 heteroatoms. The number of aryl methyl sites for hydroxylation is 1. The third kappa shape index (κ3) is 3.74. The van der Waals surface area contributed by atoms with Crippen LogP contribution in [-0.4, -0.2) is 63.8 Å². The van der Waals surface area contributed by atoms with Crippen LogP contribution in [0, 0.1) is 0 Å². The number of nitrogens with zero attached hydrogens (tertiary/aromatic N) is 5. The number of aliphatic hydroxyl groups excluding tert-OH is 1. The van der Waals surface area contributed by atoms with Gasteiger partial charge in [0, 0.05) is 51.5 Å². The second-order valence-electron chi connectivity index (χ2n) is 6.80. The Bertz CT molecular complexity index is 722. The molecule has 0 amide bonds. The van der Waals surface area contributed by atoms with Crippen molar-refractivity contribution in [1.29, 1.82) is 0 Å². The Morgan fingerprint density at radius 1 is 1.36 bits per heavy atom. The molecular formula is C17H24N6O2. The van der Waals surface area contributed by atoms with Crippen molar-refractivity contribution in [1.82, 2.24) is 19.7 Å². The van der Waals surface area contributed by atoms with Crippen LogP contribution in [0.1, 0.15) is 23.6 Å². The van der Waals surface area contributed by atoms with Gasteiger partial charge in [0.15, 0.2) is 0 Å². The fourth-order valence-corrected chi connectivity index (χ4v) is 3.22. The molecule has 2 saturated heterocycles. The van der Waals surface area contributed by atoms with Gasteiger partial charge in [0.25, 0.3) is 0 Å². The van der Waals surface area contributed by atoms with Crippen molar-refractivity contribution >= 4 is 11.8 Å². The third-order valence-electron chi connectivity index (χ3n) is 4.71. The van der Waals surface area contributed by atoms with Crippen molar-refractivity contribution in [2.45, 2.75) is 24.9 Å². The van der Waals surface area contributed by atoms with Gasteiger partial charge in [0.05, 0.1) is 24.6 Å². The summed E-state index contributed by atoms with van der Waals surface area (Å²) in [5.41, 5.74) is 2.22. The van der Waals surface area contributed by atoms with E-state index in [1.165, 1.54) is 5.56 Å². The molecule has 8 nitrogen and oxygen atoms in total. The van der Waals surface area contributed by atoms with Gasteiger partial charge in [-0.1, -0.05) is 0 Å².